The van der Waals surface area contributed by atoms with E-state index in [1.807, 2.05) is 0 Å². The Bertz CT molecular complexity index is 2830. The quantitative estimate of drug-likeness (QED) is 0.0419. The van der Waals surface area contributed by atoms with Gasteiger partial charge < -0.3 is 14.4 Å². The molecule has 0 fully saturated rings. The second kappa shape index (κ2) is 26.9. The smallest absolute Gasteiger partial charge is 0.119 e. The Morgan fingerprint density at radius 2 is 0.671 bits per heavy atom. The van der Waals surface area contributed by atoms with Gasteiger partial charge in [0.2, 0.25) is 0 Å². The van der Waals surface area contributed by atoms with E-state index in [1.165, 1.54) is 182 Å². The molecule has 73 heavy (non-hydrogen) atoms. The van der Waals surface area contributed by atoms with Crippen molar-refractivity contribution in [3.8, 4) is 67.1 Å². The molecule has 0 unspecified atom stereocenters. The van der Waals surface area contributed by atoms with Crippen molar-refractivity contribution in [2.24, 2.45) is 0 Å². The van der Waals surface area contributed by atoms with Crippen LogP contribution in [0, 0.1) is 0 Å². The number of nitrogens with zero attached hydrogens (tertiary/aromatic N) is 1. The Morgan fingerprint density at radius 1 is 0.288 bits per heavy atom. The van der Waals surface area contributed by atoms with Crippen molar-refractivity contribution >= 4 is 27.8 Å². The molecular formula is C70H79NO2. The summed E-state index contributed by atoms with van der Waals surface area (Å²) in [5.74, 6) is 1.84. The molecule has 0 bridgehead atoms. The normalized spacial score (nSPS) is 11.5. The zero-order valence-corrected chi connectivity index (χ0v) is 44.1. The maximum absolute atomic E-state index is 6.31. The first-order valence-electron chi connectivity index (χ1n) is 28.4. The summed E-state index contributed by atoms with van der Waals surface area (Å²) in [6.45, 7) is 6.09. The molecule has 0 saturated heterocycles. The van der Waals surface area contributed by atoms with Gasteiger partial charge in [-0.25, -0.2) is 0 Å². The lowest BCUT2D eigenvalue weighted by Crippen LogP contribution is -2.10. The molecule has 1 aliphatic rings. The van der Waals surface area contributed by atoms with Crippen LogP contribution in [0.25, 0.3) is 66.4 Å². The lowest BCUT2D eigenvalue weighted by molar-refractivity contribution is 0.304. The van der Waals surface area contributed by atoms with Crippen molar-refractivity contribution in [1.82, 2.24) is 0 Å². The van der Waals surface area contributed by atoms with Crippen LogP contribution in [0.4, 0.5) is 17.1 Å². The van der Waals surface area contributed by atoms with Crippen LogP contribution in [0.15, 0.2) is 176 Å². The van der Waals surface area contributed by atoms with E-state index in [9.17, 15) is 0 Å². The minimum Gasteiger partial charge on any atom is -0.494 e. The van der Waals surface area contributed by atoms with Gasteiger partial charge in [-0.3, -0.25) is 0 Å². The SMILES string of the molecule is CCCCCCCCCCCCOc1ccc(N(c2ccc(OCCCCCCCCCCCC)cc2)c2ccc(-c3ccc4cccc5c4c3-c3c(-c4ccccc4)ccc(-c4ccccc4)c3-5)cc2)cc1. The van der Waals surface area contributed by atoms with E-state index in [1.54, 1.807) is 0 Å². The van der Waals surface area contributed by atoms with Crippen molar-refractivity contribution in [2.45, 2.75) is 142 Å². The van der Waals surface area contributed by atoms with Crippen LogP contribution in [0.3, 0.4) is 0 Å². The maximum atomic E-state index is 6.31. The highest BCUT2D eigenvalue weighted by atomic mass is 16.5. The summed E-state index contributed by atoms with van der Waals surface area (Å²) in [4.78, 5) is 2.36. The predicted molar refractivity (Wildman–Crippen MR) is 314 cm³/mol. The molecule has 376 valence electrons. The molecule has 0 atom stereocenters. The lowest BCUT2D eigenvalue weighted by Gasteiger charge is -2.26. The fourth-order valence-corrected chi connectivity index (χ4v) is 11.1. The van der Waals surface area contributed by atoms with Gasteiger partial charge in [-0.2, -0.15) is 0 Å². The number of ether oxygens (including phenoxy) is 2. The van der Waals surface area contributed by atoms with Crippen LogP contribution < -0.4 is 14.4 Å². The molecule has 0 amide bonds. The van der Waals surface area contributed by atoms with Gasteiger partial charge in [-0.1, -0.05) is 245 Å². The van der Waals surface area contributed by atoms with Gasteiger partial charge in [0.05, 0.1) is 13.2 Å². The second-order valence-electron chi connectivity index (χ2n) is 20.5. The third kappa shape index (κ3) is 13.2. The molecule has 0 aromatic heterocycles. The summed E-state index contributed by atoms with van der Waals surface area (Å²) in [7, 11) is 0. The Morgan fingerprint density at radius 3 is 1.14 bits per heavy atom. The number of hydrogen-bond donors (Lipinski definition) is 0. The first kappa shape index (κ1) is 51.3. The van der Waals surface area contributed by atoms with Crippen molar-refractivity contribution in [3.63, 3.8) is 0 Å². The molecule has 0 saturated carbocycles. The molecule has 0 N–H and O–H groups in total. The van der Waals surface area contributed by atoms with E-state index in [4.69, 9.17) is 9.47 Å². The fourth-order valence-electron chi connectivity index (χ4n) is 11.1. The fraction of sp³-hybridized carbons (Fsp3) is 0.343. The summed E-state index contributed by atoms with van der Waals surface area (Å²) in [6.07, 6.45) is 26.4. The van der Waals surface area contributed by atoms with Crippen LogP contribution in [0.5, 0.6) is 11.5 Å². The van der Waals surface area contributed by atoms with Gasteiger partial charge >= 0.3 is 0 Å². The molecule has 0 aliphatic heterocycles. The van der Waals surface area contributed by atoms with Crippen molar-refractivity contribution in [2.75, 3.05) is 18.1 Å². The van der Waals surface area contributed by atoms with E-state index in [2.05, 4.69) is 195 Å². The van der Waals surface area contributed by atoms with Crippen molar-refractivity contribution in [3.05, 3.63) is 176 Å². The van der Waals surface area contributed by atoms with Crippen molar-refractivity contribution < 1.29 is 9.47 Å². The minimum atomic E-state index is 0.755. The summed E-state index contributed by atoms with van der Waals surface area (Å²) in [5.41, 5.74) is 15.9. The van der Waals surface area contributed by atoms with E-state index >= 15 is 0 Å². The van der Waals surface area contributed by atoms with Gasteiger partial charge in [0.1, 0.15) is 11.5 Å². The average Bonchev–Trinajstić information content (AvgIpc) is 3.79. The molecular weight excluding hydrogens is 887 g/mol. The highest BCUT2D eigenvalue weighted by Crippen LogP contribution is 2.57. The third-order valence-corrected chi connectivity index (χ3v) is 15.1. The van der Waals surface area contributed by atoms with Gasteiger partial charge in [0.15, 0.2) is 0 Å². The highest BCUT2D eigenvalue weighted by Gasteiger charge is 2.30. The molecule has 0 spiro atoms. The Kier molecular flexibility index (Phi) is 18.9. The average molecular weight is 966 g/mol. The molecule has 8 aromatic carbocycles. The lowest BCUT2D eigenvalue weighted by atomic mass is 9.86. The Balaban J connectivity index is 0.956. The van der Waals surface area contributed by atoms with Crippen LogP contribution in [-0.2, 0) is 0 Å². The first-order valence-corrected chi connectivity index (χ1v) is 28.4. The second-order valence-corrected chi connectivity index (χ2v) is 20.5. The first-order chi connectivity index (χ1) is 36.2. The topological polar surface area (TPSA) is 21.7 Å². The largest absolute Gasteiger partial charge is 0.494 e. The zero-order valence-electron chi connectivity index (χ0n) is 44.1. The number of hydrogen-bond acceptors (Lipinski definition) is 3. The zero-order chi connectivity index (χ0) is 49.9. The molecule has 0 radical (unpaired) electrons. The van der Waals surface area contributed by atoms with Crippen LogP contribution >= 0.6 is 0 Å². The van der Waals surface area contributed by atoms with E-state index in [0.29, 0.717) is 0 Å². The van der Waals surface area contributed by atoms with E-state index in [-0.39, 0.29) is 0 Å². The van der Waals surface area contributed by atoms with E-state index < -0.39 is 0 Å². The summed E-state index contributed by atoms with van der Waals surface area (Å²) >= 11 is 0. The van der Waals surface area contributed by atoms with Gasteiger partial charge in [0, 0.05) is 17.1 Å². The number of benzene rings is 8. The van der Waals surface area contributed by atoms with Crippen LogP contribution in [0.2, 0.25) is 0 Å². The minimum absolute atomic E-state index is 0.755. The summed E-state index contributed by atoms with van der Waals surface area (Å²) < 4.78 is 12.6. The van der Waals surface area contributed by atoms with Gasteiger partial charge in [-0.15, -0.1) is 0 Å². The van der Waals surface area contributed by atoms with Crippen molar-refractivity contribution in [1.29, 1.82) is 0 Å². The molecule has 3 nitrogen and oxygen atoms in total. The summed E-state index contributed by atoms with van der Waals surface area (Å²) in [5, 5.41) is 2.59. The van der Waals surface area contributed by atoms with Crippen LogP contribution in [0.1, 0.15) is 142 Å². The number of anilines is 3. The molecule has 0 heterocycles. The Labute approximate surface area is 438 Å². The Hall–Kier alpha value is -6.58. The number of rotatable bonds is 30. The van der Waals surface area contributed by atoms with Crippen LogP contribution in [-0.4, -0.2) is 13.2 Å². The highest BCUT2D eigenvalue weighted by molar-refractivity contribution is 6.24. The molecule has 1 aliphatic carbocycles. The number of fused-ring (bicyclic) bond motifs is 3. The number of unbranched alkanes of at least 4 members (excludes halogenated alkanes) is 18. The monoisotopic (exact) mass is 966 g/mol. The van der Waals surface area contributed by atoms with E-state index in [0.717, 1.165) is 54.6 Å². The predicted octanol–water partition coefficient (Wildman–Crippen LogP) is 21.6. The third-order valence-electron chi connectivity index (χ3n) is 15.1. The molecule has 9 rings (SSSR count). The standard InChI is InChI=1S/C70H79NO2/c1-3-5-7-9-11-13-15-17-19-27-52-72-61-45-41-59(42-46-61)71(60-43-47-62(48-44-60)73-53-28-20-18-16-14-12-10-8-6-4-2)58-39-36-56(37-40-58)64-49-38-57-34-29-35-66-67(57)69(64)70-65(55-32-25-22-26-33-55)51-50-63(68(66)70)54-30-23-21-24-31-54/h21-26,29-51H,3-20,27-28,52-53H2,1-2H3. The summed E-state index contributed by atoms with van der Waals surface area (Å²) in [6, 6.07) is 64.5. The van der Waals surface area contributed by atoms with Gasteiger partial charge in [0.25, 0.3) is 0 Å². The van der Waals surface area contributed by atoms with Gasteiger partial charge in [-0.05, 0) is 140 Å². The maximum Gasteiger partial charge on any atom is 0.119 e. The molecule has 8 aromatic rings. The molecule has 3 heteroatoms.